The third-order valence-corrected chi connectivity index (χ3v) is 21.2. The van der Waals surface area contributed by atoms with Crippen LogP contribution in [-0.2, 0) is 0 Å². The van der Waals surface area contributed by atoms with Gasteiger partial charge < -0.3 is 42.6 Å². The van der Waals surface area contributed by atoms with Crippen LogP contribution in [-0.4, -0.2) is 59.5 Å². The normalized spacial score (nSPS) is 11.8. The van der Waals surface area contributed by atoms with Crippen LogP contribution in [0, 0.1) is 0 Å². The molecule has 0 radical (unpaired) electrons. The van der Waals surface area contributed by atoms with E-state index in [1.54, 1.807) is 0 Å². The highest BCUT2D eigenvalue weighted by Gasteiger charge is 2.23. The molecule has 0 amide bonds. The molecule has 0 aromatic heterocycles. The maximum Gasteiger partial charge on any atom is 0.203 e. The smallest absolute Gasteiger partial charge is 0.203 e. The standard InChI is InChI=1S/C108H150O9/c1-10-19-28-46-73-109-100-82-91(83-101(110-74-47-29-20-11-2)106(100)115-79-52-34-25-16-7)64-70-97-94(67-61-88-55-40-37-41-56-88)98(71-65-92-84-102(111-75-48-30-21-12-3)107(116-80-53-35-26-17-8)103(85-92)112-76-49-31-22-13-4)96(69-63-90-59-44-39-45-60-90)99(95(97)68-62-89-57-42-38-43-58-89)72-66-93-86-104(113-77-50-32-23-14-5)108(117-81-54-36-27-18-9)105(87-93)114-78-51-33-24-15-6/h37-45,55-72,82-87H,10-36,46-54,73-81H2,1-9H3/b67-61+,68-62+,69-63+,70-64+,71-65+,72-66+. The van der Waals surface area contributed by atoms with Crippen LogP contribution in [0.2, 0.25) is 0 Å². The lowest BCUT2D eigenvalue weighted by Gasteiger charge is -2.21. The molecule has 9 nitrogen and oxygen atoms in total. The maximum atomic E-state index is 6.95. The van der Waals surface area contributed by atoms with Gasteiger partial charge in [0, 0.05) is 0 Å². The largest absolute Gasteiger partial charge is 0.490 e. The molecule has 636 valence electrons. The van der Waals surface area contributed by atoms with Crippen LogP contribution in [0.3, 0.4) is 0 Å². The first-order valence-electron chi connectivity index (χ1n) is 46.5. The summed E-state index contributed by atoms with van der Waals surface area (Å²) in [7, 11) is 0. The van der Waals surface area contributed by atoms with E-state index in [-0.39, 0.29) is 0 Å². The van der Waals surface area contributed by atoms with Crippen LogP contribution in [0.15, 0.2) is 127 Å². The van der Waals surface area contributed by atoms with E-state index in [9.17, 15) is 0 Å². The molecule has 0 fully saturated rings. The average Bonchev–Trinajstić information content (AvgIpc) is 0.759. The third kappa shape index (κ3) is 36.5. The van der Waals surface area contributed by atoms with Crippen molar-refractivity contribution in [2.24, 2.45) is 0 Å². The highest BCUT2D eigenvalue weighted by Crippen LogP contribution is 2.45. The first-order valence-corrected chi connectivity index (χ1v) is 46.5. The summed E-state index contributed by atoms with van der Waals surface area (Å²) in [5.74, 6) is 6.29. The Morgan fingerprint density at radius 3 is 0.479 bits per heavy atom. The summed E-state index contributed by atoms with van der Waals surface area (Å²) in [6.45, 7) is 25.5. The van der Waals surface area contributed by atoms with Crippen molar-refractivity contribution in [2.45, 2.75) is 293 Å². The molecule has 9 heteroatoms. The van der Waals surface area contributed by atoms with E-state index >= 15 is 0 Å². The lowest BCUT2D eigenvalue weighted by atomic mass is 9.83. The van der Waals surface area contributed by atoms with Crippen LogP contribution in [0.5, 0.6) is 51.7 Å². The molecular formula is C108H150O9. The van der Waals surface area contributed by atoms with E-state index in [0.29, 0.717) is 111 Å². The minimum absolute atomic E-state index is 0.573. The first kappa shape index (κ1) is 95.3. The molecule has 0 N–H and O–H groups in total. The summed E-state index contributed by atoms with van der Waals surface area (Å²) >= 11 is 0. The summed E-state index contributed by atoms with van der Waals surface area (Å²) < 4.78 is 62.3. The van der Waals surface area contributed by atoms with Crippen LogP contribution in [0.25, 0.3) is 72.9 Å². The predicted molar refractivity (Wildman–Crippen MR) is 505 cm³/mol. The molecule has 7 rings (SSSR count). The Bertz CT molecular complexity index is 3440. The van der Waals surface area contributed by atoms with Gasteiger partial charge >= 0.3 is 0 Å². The second-order valence-electron chi connectivity index (χ2n) is 31.4. The van der Waals surface area contributed by atoms with Gasteiger partial charge in [0.15, 0.2) is 34.5 Å². The van der Waals surface area contributed by atoms with E-state index < -0.39 is 0 Å². The van der Waals surface area contributed by atoms with E-state index in [1.807, 2.05) is 0 Å². The second kappa shape index (κ2) is 60.6. The second-order valence-corrected chi connectivity index (χ2v) is 31.4. The van der Waals surface area contributed by atoms with Crippen molar-refractivity contribution in [3.63, 3.8) is 0 Å². The van der Waals surface area contributed by atoms with Crippen LogP contribution >= 0.6 is 0 Å². The van der Waals surface area contributed by atoms with E-state index in [1.165, 1.54) is 0 Å². The molecule has 0 bridgehead atoms. The number of hydrogen-bond donors (Lipinski definition) is 0. The van der Waals surface area contributed by atoms with E-state index in [2.05, 4.69) is 263 Å². The Labute approximate surface area is 710 Å². The van der Waals surface area contributed by atoms with Gasteiger partial charge in [-0.25, -0.2) is 0 Å². The SMILES string of the molecule is CCCCCCOc1cc(/C=C/c2c(/C=C/c3ccccc3)c(/C=C/c3cc(OCCCCCC)c(OCCCCCC)c(OCCCCCC)c3)c(/C=C/c3ccccc3)c(/C=C/c3cc(OCCCCCC)c(OCCCCCC)c(OCCCCCC)c3)c2/C=C/c2ccccc2)cc(OCCCCCC)c1OCCCCCC. The molecule has 7 aromatic carbocycles. The zero-order chi connectivity index (χ0) is 82.6. The monoisotopic (exact) mass is 1590 g/mol. The zero-order valence-corrected chi connectivity index (χ0v) is 74.0. The van der Waals surface area contributed by atoms with Crippen molar-refractivity contribution in [1.82, 2.24) is 0 Å². The van der Waals surface area contributed by atoms with Gasteiger partial charge in [0.1, 0.15) is 0 Å². The Morgan fingerprint density at radius 2 is 0.316 bits per heavy atom. The number of unbranched alkanes of at least 4 members (excludes halogenated alkanes) is 27. The number of hydrogen-bond acceptors (Lipinski definition) is 9. The minimum atomic E-state index is 0.573. The highest BCUT2D eigenvalue weighted by molar-refractivity contribution is 5.99. The summed E-state index contributed by atoms with van der Waals surface area (Å²) in [6, 6.07) is 45.1. The van der Waals surface area contributed by atoms with Gasteiger partial charge in [-0.1, -0.05) is 400 Å². The lowest BCUT2D eigenvalue weighted by Crippen LogP contribution is -2.07. The quantitative estimate of drug-likeness (QED) is 0.0273. The Kier molecular flexibility index (Phi) is 49.4. The van der Waals surface area contributed by atoms with Gasteiger partial charge in [-0.3, -0.25) is 0 Å². The lowest BCUT2D eigenvalue weighted by molar-refractivity contribution is 0.234. The summed E-state index contributed by atoms with van der Waals surface area (Å²) in [5.41, 5.74) is 12.1. The number of rotatable bonds is 66. The zero-order valence-electron chi connectivity index (χ0n) is 74.0. The van der Waals surface area contributed by atoms with E-state index in [4.69, 9.17) is 42.6 Å². The molecule has 0 spiro atoms. The molecule has 0 heterocycles. The predicted octanol–water partition coefficient (Wildman–Crippen LogP) is 32.3. The topological polar surface area (TPSA) is 83.1 Å². The van der Waals surface area contributed by atoms with Crippen molar-refractivity contribution >= 4 is 72.9 Å². The van der Waals surface area contributed by atoms with Gasteiger partial charge in [0.25, 0.3) is 0 Å². The fraction of sp³-hybridized carbons (Fsp3) is 0.500. The first-order chi connectivity index (χ1) is 57.8. The van der Waals surface area contributed by atoms with Crippen LogP contribution in [0.1, 0.15) is 360 Å². The van der Waals surface area contributed by atoms with Gasteiger partial charge in [-0.2, -0.15) is 0 Å². The fourth-order valence-corrected chi connectivity index (χ4v) is 14.2. The van der Waals surface area contributed by atoms with Crippen molar-refractivity contribution in [1.29, 1.82) is 0 Å². The third-order valence-electron chi connectivity index (χ3n) is 21.2. The Hall–Kier alpha value is -8.82. The molecular weight excluding hydrogens is 1440 g/mol. The summed E-state index contributed by atoms with van der Waals surface area (Å²) in [4.78, 5) is 0. The molecule has 0 saturated heterocycles. The summed E-state index contributed by atoms with van der Waals surface area (Å²) in [6.07, 6.45) is 66.7. The molecule has 0 atom stereocenters. The number of ether oxygens (including phenoxy) is 9. The molecule has 0 aliphatic carbocycles. The molecule has 0 saturated carbocycles. The molecule has 0 unspecified atom stereocenters. The van der Waals surface area contributed by atoms with Gasteiger partial charge in [-0.15, -0.1) is 0 Å². The van der Waals surface area contributed by atoms with Gasteiger partial charge in [0.05, 0.1) is 59.5 Å². The average molecular weight is 1590 g/mol. The Balaban J connectivity index is 1.67. The molecule has 117 heavy (non-hydrogen) atoms. The van der Waals surface area contributed by atoms with Gasteiger partial charge in [0.2, 0.25) is 17.2 Å². The fourth-order valence-electron chi connectivity index (χ4n) is 14.2. The van der Waals surface area contributed by atoms with E-state index in [0.717, 1.165) is 298 Å². The molecule has 0 aliphatic heterocycles. The molecule has 7 aromatic rings. The van der Waals surface area contributed by atoms with Crippen LogP contribution < -0.4 is 42.6 Å². The van der Waals surface area contributed by atoms with Crippen molar-refractivity contribution in [3.05, 3.63) is 194 Å². The maximum absolute atomic E-state index is 6.95. The van der Waals surface area contributed by atoms with Crippen molar-refractivity contribution < 1.29 is 42.6 Å². The van der Waals surface area contributed by atoms with Gasteiger partial charge in [-0.05, 0) is 161 Å². The Morgan fingerprint density at radius 1 is 0.162 bits per heavy atom. The van der Waals surface area contributed by atoms with Crippen molar-refractivity contribution in [2.75, 3.05) is 59.5 Å². The van der Waals surface area contributed by atoms with Crippen molar-refractivity contribution in [3.8, 4) is 51.7 Å². The van der Waals surface area contributed by atoms with Crippen LogP contribution in [0.4, 0.5) is 0 Å². The molecule has 0 aliphatic rings. The number of benzene rings is 7. The summed E-state index contributed by atoms with van der Waals surface area (Å²) in [5, 5.41) is 0. The minimum Gasteiger partial charge on any atom is -0.490 e. The highest BCUT2D eigenvalue weighted by atomic mass is 16.6.